The minimum absolute atomic E-state index is 0.348. The molecule has 2 aromatic rings. The fourth-order valence-electron chi connectivity index (χ4n) is 2.07. The Bertz CT molecular complexity index is 779. The van der Waals surface area contributed by atoms with E-state index in [0.717, 1.165) is 11.0 Å². The standard InChI is InChI=1S/C19H22O4/c1-13(2)4-8-17(20)14(3)10-11-22-16-7-5-15-6-9-19(21)23-18(15)12-16/h4-7,9-10,12,17,20H,8,11H2,1-3H3/b14-10+/t17-/m1/s1. The molecule has 23 heavy (non-hydrogen) atoms. The average Bonchev–Trinajstić information content (AvgIpc) is 2.52. The zero-order valence-corrected chi connectivity index (χ0v) is 13.7. The van der Waals surface area contributed by atoms with E-state index in [1.165, 1.54) is 11.6 Å². The molecule has 0 saturated carbocycles. The van der Waals surface area contributed by atoms with Crippen LogP contribution in [-0.2, 0) is 0 Å². The molecule has 0 fully saturated rings. The molecule has 0 bridgehead atoms. The molecule has 0 spiro atoms. The van der Waals surface area contributed by atoms with Gasteiger partial charge in [0.05, 0.1) is 6.10 Å². The molecule has 2 rings (SSSR count). The smallest absolute Gasteiger partial charge is 0.336 e. The normalized spacial score (nSPS) is 13.0. The molecule has 0 aliphatic heterocycles. The zero-order chi connectivity index (χ0) is 16.8. The minimum Gasteiger partial charge on any atom is -0.489 e. The van der Waals surface area contributed by atoms with Gasteiger partial charge in [-0.1, -0.05) is 11.6 Å². The Kier molecular flexibility index (Phi) is 5.77. The monoisotopic (exact) mass is 314 g/mol. The van der Waals surface area contributed by atoms with E-state index in [1.54, 1.807) is 12.1 Å². The Morgan fingerprint density at radius 2 is 1.96 bits per heavy atom. The molecule has 122 valence electrons. The molecule has 1 heterocycles. The molecule has 0 radical (unpaired) electrons. The number of benzene rings is 1. The first-order chi connectivity index (χ1) is 11.0. The van der Waals surface area contributed by atoms with Gasteiger partial charge in [-0.3, -0.25) is 0 Å². The molecule has 0 unspecified atom stereocenters. The quantitative estimate of drug-likeness (QED) is 0.650. The average molecular weight is 314 g/mol. The van der Waals surface area contributed by atoms with Crippen molar-refractivity contribution in [2.24, 2.45) is 0 Å². The second kappa shape index (κ2) is 7.79. The highest BCUT2D eigenvalue weighted by molar-refractivity contribution is 5.77. The Morgan fingerprint density at radius 1 is 1.22 bits per heavy atom. The van der Waals surface area contributed by atoms with E-state index in [1.807, 2.05) is 45.1 Å². The maximum atomic E-state index is 11.2. The second-order valence-corrected chi connectivity index (χ2v) is 5.75. The third kappa shape index (κ3) is 5.11. The first-order valence-electron chi connectivity index (χ1n) is 7.60. The lowest BCUT2D eigenvalue weighted by molar-refractivity contribution is 0.212. The first-order valence-corrected chi connectivity index (χ1v) is 7.60. The van der Waals surface area contributed by atoms with Crippen molar-refractivity contribution in [3.05, 3.63) is 64.1 Å². The number of hydrogen-bond acceptors (Lipinski definition) is 4. The van der Waals surface area contributed by atoms with Crippen LogP contribution in [0, 0.1) is 0 Å². The Labute approximate surface area is 135 Å². The number of allylic oxidation sites excluding steroid dienone is 1. The molecule has 0 amide bonds. The molecular weight excluding hydrogens is 292 g/mol. The highest BCUT2D eigenvalue weighted by Crippen LogP contribution is 2.19. The van der Waals surface area contributed by atoms with Crippen molar-refractivity contribution in [2.75, 3.05) is 6.61 Å². The summed E-state index contributed by atoms with van der Waals surface area (Å²) in [6.45, 7) is 6.24. The van der Waals surface area contributed by atoms with Crippen LogP contribution in [0.3, 0.4) is 0 Å². The van der Waals surface area contributed by atoms with Crippen molar-refractivity contribution in [2.45, 2.75) is 33.3 Å². The van der Waals surface area contributed by atoms with Crippen LogP contribution in [0.15, 0.2) is 62.8 Å². The summed E-state index contributed by atoms with van der Waals surface area (Å²) in [6.07, 6.45) is 3.97. The Hall–Kier alpha value is -2.33. The molecule has 4 nitrogen and oxygen atoms in total. The highest BCUT2D eigenvalue weighted by atomic mass is 16.5. The maximum Gasteiger partial charge on any atom is 0.336 e. The van der Waals surface area contributed by atoms with Crippen molar-refractivity contribution in [1.82, 2.24) is 0 Å². The van der Waals surface area contributed by atoms with E-state index in [4.69, 9.17) is 9.15 Å². The zero-order valence-electron chi connectivity index (χ0n) is 13.7. The van der Waals surface area contributed by atoms with Gasteiger partial charge in [0.1, 0.15) is 17.9 Å². The van der Waals surface area contributed by atoms with Crippen LogP contribution in [0.2, 0.25) is 0 Å². The van der Waals surface area contributed by atoms with Crippen molar-refractivity contribution in [1.29, 1.82) is 0 Å². The van der Waals surface area contributed by atoms with Gasteiger partial charge in [-0.2, -0.15) is 0 Å². The fourth-order valence-corrected chi connectivity index (χ4v) is 2.07. The molecule has 1 aromatic heterocycles. The summed E-state index contributed by atoms with van der Waals surface area (Å²) in [7, 11) is 0. The summed E-state index contributed by atoms with van der Waals surface area (Å²) in [6, 6.07) is 8.47. The lowest BCUT2D eigenvalue weighted by Crippen LogP contribution is -2.08. The van der Waals surface area contributed by atoms with Crippen LogP contribution in [-0.4, -0.2) is 17.8 Å². The first kappa shape index (κ1) is 17.0. The molecule has 1 N–H and O–H groups in total. The molecule has 1 aromatic carbocycles. The number of aliphatic hydroxyl groups is 1. The topological polar surface area (TPSA) is 59.7 Å². The second-order valence-electron chi connectivity index (χ2n) is 5.75. The Balaban J connectivity index is 1.99. The lowest BCUT2D eigenvalue weighted by Gasteiger charge is -2.10. The Morgan fingerprint density at radius 3 is 2.70 bits per heavy atom. The summed E-state index contributed by atoms with van der Waals surface area (Å²) in [5.74, 6) is 0.620. The summed E-state index contributed by atoms with van der Waals surface area (Å²) < 4.78 is 10.8. The van der Waals surface area contributed by atoms with Crippen LogP contribution >= 0.6 is 0 Å². The van der Waals surface area contributed by atoms with Gasteiger partial charge >= 0.3 is 5.63 Å². The van der Waals surface area contributed by atoms with E-state index in [0.29, 0.717) is 24.4 Å². The van der Waals surface area contributed by atoms with E-state index < -0.39 is 6.10 Å². The molecule has 1 atom stereocenters. The van der Waals surface area contributed by atoms with E-state index in [9.17, 15) is 9.90 Å². The van der Waals surface area contributed by atoms with Gasteiger partial charge in [0, 0.05) is 17.5 Å². The van der Waals surface area contributed by atoms with E-state index >= 15 is 0 Å². The summed E-state index contributed by atoms with van der Waals surface area (Å²) >= 11 is 0. The van der Waals surface area contributed by atoms with Crippen molar-refractivity contribution >= 4 is 11.0 Å². The summed E-state index contributed by atoms with van der Waals surface area (Å²) in [4.78, 5) is 11.2. The molecule has 0 saturated heterocycles. The van der Waals surface area contributed by atoms with Crippen LogP contribution in [0.25, 0.3) is 11.0 Å². The number of aliphatic hydroxyl groups excluding tert-OH is 1. The van der Waals surface area contributed by atoms with Gasteiger partial charge in [-0.15, -0.1) is 0 Å². The van der Waals surface area contributed by atoms with Crippen molar-refractivity contribution < 1.29 is 14.3 Å². The number of rotatable bonds is 6. The lowest BCUT2D eigenvalue weighted by atomic mass is 10.1. The molecule has 4 heteroatoms. The van der Waals surface area contributed by atoms with Crippen molar-refractivity contribution in [3.8, 4) is 5.75 Å². The predicted octanol–water partition coefficient (Wildman–Crippen LogP) is 3.84. The minimum atomic E-state index is -0.497. The van der Waals surface area contributed by atoms with E-state index in [-0.39, 0.29) is 5.63 Å². The van der Waals surface area contributed by atoms with E-state index in [2.05, 4.69) is 0 Å². The fraction of sp³-hybridized carbons (Fsp3) is 0.316. The van der Waals surface area contributed by atoms with Gasteiger partial charge in [0.2, 0.25) is 0 Å². The molecule has 0 aliphatic carbocycles. The van der Waals surface area contributed by atoms with Crippen LogP contribution in [0.1, 0.15) is 27.2 Å². The van der Waals surface area contributed by atoms with Gasteiger partial charge in [0.15, 0.2) is 0 Å². The van der Waals surface area contributed by atoms with Gasteiger partial charge in [0.25, 0.3) is 0 Å². The van der Waals surface area contributed by atoms with Gasteiger partial charge < -0.3 is 14.3 Å². The summed E-state index contributed by atoms with van der Waals surface area (Å²) in [5.41, 5.74) is 2.17. The summed E-state index contributed by atoms with van der Waals surface area (Å²) in [5, 5.41) is 10.9. The number of hydrogen-bond donors (Lipinski definition) is 1. The largest absolute Gasteiger partial charge is 0.489 e. The van der Waals surface area contributed by atoms with Gasteiger partial charge in [-0.25, -0.2) is 4.79 Å². The van der Waals surface area contributed by atoms with Gasteiger partial charge in [-0.05, 0) is 57.0 Å². The number of ether oxygens (including phenoxy) is 1. The van der Waals surface area contributed by atoms with Crippen molar-refractivity contribution in [3.63, 3.8) is 0 Å². The SMILES string of the molecule is CC(C)=CC[C@@H](O)/C(C)=C/COc1ccc2ccc(=O)oc2c1. The van der Waals surface area contributed by atoms with Crippen LogP contribution < -0.4 is 10.4 Å². The highest BCUT2D eigenvalue weighted by Gasteiger charge is 2.04. The third-order valence-corrected chi connectivity index (χ3v) is 3.52. The van der Waals surface area contributed by atoms with Crippen LogP contribution in [0.4, 0.5) is 0 Å². The number of fused-ring (bicyclic) bond motifs is 1. The van der Waals surface area contributed by atoms with Crippen LogP contribution in [0.5, 0.6) is 5.75 Å². The molecular formula is C19H22O4. The predicted molar refractivity (Wildman–Crippen MR) is 91.8 cm³/mol. The molecule has 0 aliphatic rings. The maximum absolute atomic E-state index is 11.2. The third-order valence-electron chi connectivity index (χ3n) is 3.52.